The Kier molecular flexibility index (Phi) is 3.86. The van der Waals surface area contributed by atoms with Gasteiger partial charge in [0.1, 0.15) is 4.47 Å². The maximum absolute atomic E-state index is 12.4. The van der Waals surface area contributed by atoms with E-state index in [-0.39, 0.29) is 5.56 Å². The van der Waals surface area contributed by atoms with Crippen LogP contribution in [0.2, 0.25) is 0 Å². The Morgan fingerprint density at radius 2 is 2.30 bits per heavy atom. The summed E-state index contributed by atoms with van der Waals surface area (Å²) in [5, 5.41) is 7.78. The quantitative estimate of drug-likeness (QED) is 0.904. The summed E-state index contributed by atoms with van der Waals surface area (Å²) < 4.78 is 2.21. The van der Waals surface area contributed by atoms with Crippen LogP contribution in [0, 0.1) is 11.8 Å². The maximum Gasteiger partial charge on any atom is 0.283 e. The van der Waals surface area contributed by atoms with Crippen LogP contribution < -0.4 is 15.8 Å². The van der Waals surface area contributed by atoms with Gasteiger partial charge in [-0.15, -0.1) is 0 Å². The van der Waals surface area contributed by atoms with E-state index in [1.54, 1.807) is 4.68 Å². The van der Waals surface area contributed by atoms with Crippen molar-refractivity contribution < 1.29 is 0 Å². The molecule has 0 amide bonds. The van der Waals surface area contributed by atoms with E-state index in [4.69, 9.17) is 0 Å². The van der Waals surface area contributed by atoms with Crippen molar-refractivity contribution in [3.63, 3.8) is 0 Å². The summed E-state index contributed by atoms with van der Waals surface area (Å²) in [5.74, 6) is 1.12. The number of aromatic nitrogens is 2. The molecule has 0 spiro atoms. The third-order valence-electron chi connectivity index (χ3n) is 4.26. The topological polar surface area (TPSA) is 50.2 Å². The minimum absolute atomic E-state index is 0.0226. The van der Waals surface area contributed by atoms with Crippen LogP contribution in [0.3, 0.4) is 0 Å². The third-order valence-corrected chi connectivity index (χ3v) is 5.00. The zero-order valence-electron chi connectivity index (χ0n) is 12.0. The molecular weight excluding hydrogens is 320 g/mol. The molecule has 1 N–H and O–H groups in total. The normalized spacial score (nSPS) is 25.5. The summed E-state index contributed by atoms with van der Waals surface area (Å²) in [6.07, 6.45) is 3.04. The van der Waals surface area contributed by atoms with Gasteiger partial charge in [0.25, 0.3) is 5.56 Å². The fourth-order valence-electron chi connectivity index (χ4n) is 3.28. The molecule has 6 heteroatoms. The van der Waals surface area contributed by atoms with E-state index in [9.17, 15) is 4.79 Å². The Morgan fingerprint density at radius 1 is 1.50 bits per heavy atom. The van der Waals surface area contributed by atoms with Crippen LogP contribution in [0.5, 0.6) is 0 Å². The molecule has 2 aliphatic heterocycles. The fourth-order valence-corrected chi connectivity index (χ4v) is 3.82. The first kappa shape index (κ1) is 14.1. The highest BCUT2D eigenvalue weighted by molar-refractivity contribution is 9.10. The second-order valence-corrected chi connectivity index (χ2v) is 6.99. The van der Waals surface area contributed by atoms with Crippen LogP contribution in [0.15, 0.2) is 15.5 Å². The van der Waals surface area contributed by atoms with Crippen molar-refractivity contribution in [2.45, 2.75) is 32.9 Å². The van der Waals surface area contributed by atoms with Crippen LogP contribution in [0.25, 0.3) is 0 Å². The minimum atomic E-state index is -0.0226. The number of anilines is 1. The van der Waals surface area contributed by atoms with Gasteiger partial charge in [-0.1, -0.05) is 13.8 Å². The Bertz CT molecular complexity index is 557. The third kappa shape index (κ3) is 2.39. The van der Waals surface area contributed by atoms with Crippen LogP contribution >= 0.6 is 15.9 Å². The standard InChI is InChI=1S/C14H21BrN4O/c1-9(2)8-19-14(20)13(15)12(7-17-19)18-4-3-10-5-16-6-11(10)18/h7,9-11,16H,3-6,8H2,1-2H3/t10-,11+/m0/s1. The van der Waals surface area contributed by atoms with E-state index >= 15 is 0 Å². The highest BCUT2D eigenvalue weighted by Crippen LogP contribution is 2.34. The highest BCUT2D eigenvalue weighted by Gasteiger charge is 2.38. The fraction of sp³-hybridized carbons (Fsp3) is 0.714. The van der Waals surface area contributed by atoms with Crippen molar-refractivity contribution in [1.82, 2.24) is 15.1 Å². The van der Waals surface area contributed by atoms with E-state index in [2.05, 4.69) is 45.1 Å². The van der Waals surface area contributed by atoms with Crippen molar-refractivity contribution >= 4 is 21.6 Å². The zero-order chi connectivity index (χ0) is 14.3. The summed E-state index contributed by atoms with van der Waals surface area (Å²) in [5.41, 5.74) is 0.928. The Balaban J connectivity index is 1.91. The summed E-state index contributed by atoms with van der Waals surface area (Å²) >= 11 is 3.49. The molecule has 2 saturated heterocycles. The lowest BCUT2D eigenvalue weighted by molar-refractivity contribution is 0.461. The summed E-state index contributed by atoms with van der Waals surface area (Å²) in [4.78, 5) is 14.7. The van der Waals surface area contributed by atoms with Gasteiger partial charge < -0.3 is 10.2 Å². The number of hydrogen-bond donors (Lipinski definition) is 1. The maximum atomic E-state index is 12.4. The zero-order valence-corrected chi connectivity index (χ0v) is 13.6. The predicted molar refractivity (Wildman–Crippen MR) is 83.1 cm³/mol. The molecular formula is C14H21BrN4O. The van der Waals surface area contributed by atoms with E-state index in [1.165, 1.54) is 6.42 Å². The number of halogens is 1. The molecule has 5 nitrogen and oxygen atoms in total. The largest absolute Gasteiger partial charge is 0.365 e. The molecule has 1 aromatic heterocycles. The van der Waals surface area contributed by atoms with Crippen LogP contribution in [-0.4, -0.2) is 35.5 Å². The van der Waals surface area contributed by atoms with E-state index in [1.807, 2.05) is 6.20 Å². The molecule has 2 fully saturated rings. The van der Waals surface area contributed by atoms with Gasteiger partial charge in [0, 0.05) is 32.2 Å². The Morgan fingerprint density at radius 3 is 3.05 bits per heavy atom. The summed E-state index contributed by atoms with van der Waals surface area (Å²) in [7, 11) is 0. The molecule has 2 aliphatic rings. The molecule has 3 rings (SSSR count). The van der Waals surface area contributed by atoms with Crippen molar-refractivity contribution in [1.29, 1.82) is 0 Å². The molecule has 0 bridgehead atoms. The molecule has 20 heavy (non-hydrogen) atoms. The number of hydrogen-bond acceptors (Lipinski definition) is 4. The molecule has 0 aliphatic carbocycles. The van der Waals surface area contributed by atoms with E-state index in [0.717, 1.165) is 25.3 Å². The van der Waals surface area contributed by atoms with Crippen molar-refractivity contribution in [3.8, 4) is 0 Å². The average molecular weight is 341 g/mol. The Labute approximate surface area is 127 Å². The molecule has 110 valence electrons. The SMILES string of the molecule is CC(C)Cn1ncc(N2CC[C@H]3CNC[C@H]32)c(Br)c1=O. The van der Waals surface area contributed by atoms with Crippen LogP contribution in [-0.2, 0) is 6.54 Å². The first-order valence-corrected chi connectivity index (χ1v) is 8.10. The second-order valence-electron chi connectivity index (χ2n) is 6.19. The van der Waals surface area contributed by atoms with E-state index < -0.39 is 0 Å². The molecule has 0 saturated carbocycles. The van der Waals surface area contributed by atoms with Gasteiger partial charge >= 0.3 is 0 Å². The van der Waals surface area contributed by atoms with Crippen molar-refractivity contribution in [3.05, 3.63) is 21.0 Å². The summed E-state index contributed by atoms with van der Waals surface area (Å²) in [6, 6.07) is 0.508. The number of rotatable bonds is 3. The highest BCUT2D eigenvalue weighted by atomic mass is 79.9. The molecule has 2 atom stereocenters. The molecule has 0 unspecified atom stereocenters. The number of fused-ring (bicyclic) bond motifs is 1. The van der Waals surface area contributed by atoms with E-state index in [0.29, 0.717) is 28.9 Å². The van der Waals surface area contributed by atoms with Gasteiger partial charge in [-0.25, -0.2) is 4.68 Å². The monoisotopic (exact) mass is 340 g/mol. The lowest BCUT2D eigenvalue weighted by Crippen LogP contribution is -2.36. The summed E-state index contributed by atoms with van der Waals surface area (Å²) in [6.45, 7) is 7.95. The molecule has 0 radical (unpaired) electrons. The molecule has 1 aromatic rings. The molecule has 3 heterocycles. The first-order valence-electron chi connectivity index (χ1n) is 7.31. The van der Waals surface area contributed by atoms with Gasteiger partial charge in [-0.05, 0) is 34.2 Å². The van der Waals surface area contributed by atoms with Crippen LogP contribution in [0.1, 0.15) is 20.3 Å². The van der Waals surface area contributed by atoms with Gasteiger partial charge in [0.15, 0.2) is 0 Å². The van der Waals surface area contributed by atoms with Gasteiger partial charge in [-0.2, -0.15) is 5.10 Å². The van der Waals surface area contributed by atoms with Crippen molar-refractivity contribution in [2.75, 3.05) is 24.5 Å². The van der Waals surface area contributed by atoms with Crippen molar-refractivity contribution in [2.24, 2.45) is 11.8 Å². The first-order chi connectivity index (χ1) is 9.58. The van der Waals surface area contributed by atoms with Gasteiger partial charge in [0.2, 0.25) is 0 Å². The molecule has 0 aromatic carbocycles. The predicted octanol–water partition coefficient (Wildman–Crippen LogP) is 1.46. The smallest absolute Gasteiger partial charge is 0.283 e. The minimum Gasteiger partial charge on any atom is -0.365 e. The average Bonchev–Trinajstić information content (AvgIpc) is 2.98. The van der Waals surface area contributed by atoms with Gasteiger partial charge in [-0.3, -0.25) is 4.79 Å². The van der Waals surface area contributed by atoms with Crippen LogP contribution in [0.4, 0.5) is 5.69 Å². The lowest BCUT2D eigenvalue weighted by atomic mass is 10.1. The second kappa shape index (κ2) is 5.48. The number of nitrogens with zero attached hydrogens (tertiary/aromatic N) is 3. The number of nitrogens with one attached hydrogen (secondary N) is 1. The van der Waals surface area contributed by atoms with Gasteiger partial charge in [0.05, 0.1) is 11.9 Å². The Hall–Kier alpha value is -0.880. The lowest BCUT2D eigenvalue weighted by Gasteiger charge is -2.26.